The molecule has 9 nitrogen and oxygen atoms in total. The molecule has 0 aliphatic heterocycles. The molecule has 0 fully saturated rings. The topological polar surface area (TPSA) is 105 Å². The van der Waals surface area contributed by atoms with Gasteiger partial charge in [-0.3, -0.25) is 14.9 Å². The fourth-order valence-corrected chi connectivity index (χ4v) is 5.01. The Morgan fingerprint density at radius 1 is 1.00 bits per heavy atom. The van der Waals surface area contributed by atoms with E-state index in [2.05, 4.69) is 39.9 Å². The first-order chi connectivity index (χ1) is 20.9. The van der Waals surface area contributed by atoms with Crippen molar-refractivity contribution < 1.29 is 14.1 Å². The van der Waals surface area contributed by atoms with E-state index < -0.39 is 4.92 Å². The number of nitrogens with one attached hydrogen (secondary N) is 2. The standard InChI is InChI=1S/C32H29FN6O3S/c33-26-10-12-27(13-11-26)36-32(43)37(21-25-6-3-5-24-4-1-2-7-30(24)25)17-16-35-31(40)18-29-19-34-22-38(29)20-23-8-14-28(15-9-23)39(41)42/h1-15,19,22H,16-18,20-21H2,(H,35,40)(H,36,43). The number of fused-ring (bicyclic) bond motifs is 1. The number of carbonyl (C=O) groups excluding carboxylic acids is 1. The second kappa shape index (κ2) is 13.7. The molecule has 0 unspecified atom stereocenters. The number of hydrogen-bond donors (Lipinski definition) is 2. The number of thiocarbonyl (C=S) groups is 1. The molecule has 0 bridgehead atoms. The summed E-state index contributed by atoms with van der Waals surface area (Å²) >= 11 is 5.75. The Morgan fingerprint density at radius 2 is 1.74 bits per heavy atom. The van der Waals surface area contributed by atoms with Crippen molar-refractivity contribution in [2.75, 3.05) is 18.4 Å². The second-order valence-corrected chi connectivity index (χ2v) is 10.3. The Labute approximate surface area is 253 Å². The average molecular weight is 597 g/mol. The van der Waals surface area contributed by atoms with Crippen molar-refractivity contribution in [1.82, 2.24) is 19.8 Å². The Balaban J connectivity index is 1.22. The van der Waals surface area contributed by atoms with Gasteiger partial charge in [0.05, 0.1) is 17.7 Å². The first-order valence-corrected chi connectivity index (χ1v) is 14.0. The van der Waals surface area contributed by atoms with Crippen LogP contribution in [0.2, 0.25) is 0 Å². The maximum absolute atomic E-state index is 13.4. The lowest BCUT2D eigenvalue weighted by atomic mass is 10.0. The number of rotatable bonds is 11. The number of benzene rings is 4. The van der Waals surface area contributed by atoms with Crippen LogP contribution in [-0.2, 0) is 24.3 Å². The molecule has 1 amide bonds. The summed E-state index contributed by atoms with van der Waals surface area (Å²) in [6.07, 6.45) is 3.39. The molecule has 0 aliphatic carbocycles. The molecule has 5 rings (SSSR count). The molecular formula is C32H29FN6O3S. The number of imidazole rings is 1. The third-order valence-electron chi connectivity index (χ3n) is 6.97. The van der Waals surface area contributed by atoms with Gasteiger partial charge in [0, 0.05) is 55.9 Å². The number of nitro benzene ring substituents is 1. The monoisotopic (exact) mass is 596 g/mol. The van der Waals surface area contributed by atoms with Crippen LogP contribution >= 0.6 is 12.2 Å². The van der Waals surface area contributed by atoms with Crippen molar-refractivity contribution in [2.45, 2.75) is 19.5 Å². The van der Waals surface area contributed by atoms with Crippen molar-refractivity contribution in [3.8, 4) is 0 Å². The van der Waals surface area contributed by atoms with Gasteiger partial charge in [0.1, 0.15) is 5.82 Å². The van der Waals surface area contributed by atoms with Gasteiger partial charge in [-0.05, 0) is 58.4 Å². The van der Waals surface area contributed by atoms with Gasteiger partial charge in [-0.2, -0.15) is 0 Å². The molecule has 0 aliphatic rings. The van der Waals surface area contributed by atoms with Gasteiger partial charge in [-0.25, -0.2) is 9.37 Å². The number of nitrogens with zero attached hydrogens (tertiary/aromatic N) is 4. The van der Waals surface area contributed by atoms with Crippen LogP contribution in [0.3, 0.4) is 0 Å². The molecule has 43 heavy (non-hydrogen) atoms. The third kappa shape index (κ3) is 7.77. The minimum absolute atomic E-state index is 0.0239. The Hall–Kier alpha value is -5.16. The molecule has 0 saturated heterocycles. The summed E-state index contributed by atoms with van der Waals surface area (Å²) in [6.45, 7) is 1.71. The van der Waals surface area contributed by atoms with E-state index in [1.165, 1.54) is 24.3 Å². The minimum atomic E-state index is -0.439. The van der Waals surface area contributed by atoms with E-state index in [-0.39, 0.29) is 23.8 Å². The summed E-state index contributed by atoms with van der Waals surface area (Å²) in [5, 5.41) is 19.8. The predicted octanol–water partition coefficient (Wildman–Crippen LogP) is 5.69. The zero-order valence-corrected chi connectivity index (χ0v) is 24.0. The van der Waals surface area contributed by atoms with Crippen LogP contribution < -0.4 is 10.6 Å². The van der Waals surface area contributed by atoms with Gasteiger partial charge in [-0.1, -0.05) is 54.6 Å². The number of aromatic nitrogens is 2. The largest absolute Gasteiger partial charge is 0.354 e. The highest BCUT2D eigenvalue weighted by Gasteiger charge is 2.15. The molecule has 0 saturated carbocycles. The number of anilines is 1. The van der Waals surface area contributed by atoms with E-state index in [0.717, 1.165) is 27.6 Å². The molecule has 2 N–H and O–H groups in total. The van der Waals surface area contributed by atoms with Crippen LogP contribution in [-0.4, -0.2) is 43.5 Å². The SMILES string of the molecule is O=C(Cc1cncn1Cc1ccc([N+](=O)[O-])cc1)NCCN(Cc1cccc2ccccc12)C(=S)Nc1ccc(F)cc1. The lowest BCUT2D eigenvalue weighted by Crippen LogP contribution is -2.40. The third-order valence-corrected chi connectivity index (χ3v) is 7.33. The van der Waals surface area contributed by atoms with Crippen LogP contribution in [0.5, 0.6) is 0 Å². The highest BCUT2D eigenvalue weighted by Crippen LogP contribution is 2.21. The number of hydrogen-bond acceptors (Lipinski definition) is 5. The van der Waals surface area contributed by atoms with Crippen molar-refractivity contribution in [2.24, 2.45) is 0 Å². The highest BCUT2D eigenvalue weighted by atomic mass is 32.1. The highest BCUT2D eigenvalue weighted by molar-refractivity contribution is 7.80. The lowest BCUT2D eigenvalue weighted by molar-refractivity contribution is -0.384. The summed E-state index contributed by atoms with van der Waals surface area (Å²) in [7, 11) is 0. The lowest BCUT2D eigenvalue weighted by Gasteiger charge is -2.27. The average Bonchev–Trinajstić information content (AvgIpc) is 3.44. The molecule has 4 aromatic carbocycles. The van der Waals surface area contributed by atoms with E-state index in [1.807, 2.05) is 27.7 Å². The summed E-state index contributed by atoms with van der Waals surface area (Å²) in [6, 6.07) is 26.5. The van der Waals surface area contributed by atoms with Crippen molar-refractivity contribution >= 4 is 45.4 Å². The molecule has 0 atom stereocenters. The molecule has 1 heterocycles. The van der Waals surface area contributed by atoms with E-state index >= 15 is 0 Å². The van der Waals surface area contributed by atoms with E-state index in [0.29, 0.717) is 37.0 Å². The zero-order chi connectivity index (χ0) is 30.2. The summed E-state index contributed by atoms with van der Waals surface area (Å²) < 4.78 is 15.3. The van der Waals surface area contributed by atoms with Crippen LogP contribution in [0.15, 0.2) is 104 Å². The van der Waals surface area contributed by atoms with Crippen LogP contribution in [0.4, 0.5) is 15.8 Å². The van der Waals surface area contributed by atoms with Crippen molar-refractivity contribution in [3.05, 3.63) is 136 Å². The number of carbonyl (C=O) groups is 1. The normalized spacial score (nSPS) is 10.8. The van der Waals surface area contributed by atoms with E-state index in [4.69, 9.17) is 12.2 Å². The van der Waals surface area contributed by atoms with Gasteiger partial charge in [0.15, 0.2) is 5.11 Å². The molecule has 0 spiro atoms. The van der Waals surface area contributed by atoms with Crippen LogP contribution in [0.1, 0.15) is 16.8 Å². The zero-order valence-electron chi connectivity index (χ0n) is 23.2. The fourth-order valence-electron chi connectivity index (χ4n) is 4.74. The van der Waals surface area contributed by atoms with Gasteiger partial charge >= 0.3 is 0 Å². The molecule has 5 aromatic rings. The van der Waals surface area contributed by atoms with Gasteiger partial charge < -0.3 is 20.1 Å². The van der Waals surface area contributed by atoms with Crippen LogP contribution in [0.25, 0.3) is 10.8 Å². The Kier molecular flexibility index (Phi) is 9.33. The maximum Gasteiger partial charge on any atom is 0.269 e. The second-order valence-electron chi connectivity index (χ2n) is 9.96. The van der Waals surface area contributed by atoms with E-state index in [1.54, 1.807) is 36.8 Å². The molecule has 0 radical (unpaired) electrons. The summed E-state index contributed by atoms with van der Waals surface area (Å²) in [5.74, 6) is -0.506. The first kappa shape index (κ1) is 29.3. The molecule has 1 aromatic heterocycles. The van der Waals surface area contributed by atoms with E-state index in [9.17, 15) is 19.3 Å². The predicted molar refractivity (Wildman–Crippen MR) is 168 cm³/mol. The summed E-state index contributed by atoms with van der Waals surface area (Å²) in [5.41, 5.74) is 3.35. The number of non-ortho nitro benzene ring substituents is 1. The molecule has 11 heteroatoms. The minimum Gasteiger partial charge on any atom is -0.354 e. The number of nitro groups is 1. The van der Waals surface area contributed by atoms with Crippen molar-refractivity contribution in [3.63, 3.8) is 0 Å². The smallest absolute Gasteiger partial charge is 0.269 e. The van der Waals surface area contributed by atoms with Crippen molar-refractivity contribution in [1.29, 1.82) is 0 Å². The quantitative estimate of drug-likeness (QED) is 0.115. The van der Waals surface area contributed by atoms with Gasteiger partial charge in [-0.15, -0.1) is 0 Å². The fraction of sp³-hybridized carbons (Fsp3) is 0.156. The number of amides is 1. The Morgan fingerprint density at radius 3 is 2.51 bits per heavy atom. The first-order valence-electron chi connectivity index (χ1n) is 13.6. The number of halogens is 1. The van der Waals surface area contributed by atoms with Gasteiger partial charge in [0.25, 0.3) is 5.69 Å². The molecule has 218 valence electrons. The van der Waals surface area contributed by atoms with Gasteiger partial charge in [0.2, 0.25) is 5.91 Å². The van der Waals surface area contributed by atoms with Crippen LogP contribution in [0, 0.1) is 15.9 Å². The Bertz CT molecular complexity index is 1740. The molecular weight excluding hydrogens is 567 g/mol. The maximum atomic E-state index is 13.4. The summed E-state index contributed by atoms with van der Waals surface area (Å²) in [4.78, 5) is 29.6.